The molecule has 0 unspecified atom stereocenters. The third-order valence-corrected chi connectivity index (χ3v) is 3.75. The van der Waals surface area contributed by atoms with Gasteiger partial charge in [-0.3, -0.25) is 4.89 Å². The van der Waals surface area contributed by atoms with E-state index in [1.165, 1.54) is 0 Å². The predicted molar refractivity (Wildman–Crippen MR) is 48.6 cm³/mol. The summed E-state index contributed by atoms with van der Waals surface area (Å²) in [6.45, 7) is 1.09. The van der Waals surface area contributed by atoms with E-state index in [9.17, 15) is 13.2 Å². The largest absolute Gasteiger partial charge is 0.340 e. The molecule has 1 aliphatic carbocycles. The van der Waals surface area contributed by atoms with E-state index >= 15 is 0 Å². The number of carbonyl (C=O) groups is 1. The molecule has 82 valence electrons. The summed E-state index contributed by atoms with van der Waals surface area (Å²) in [5.41, 5.74) is 0. The molecule has 0 aromatic carbocycles. The molecule has 0 radical (unpaired) electrons. The van der Waals surface area contributed by atoms with Crippen LogP contribution in [0.1, 0.15) is 39.0 Å². The van der Waals surface area contributed by atoms with Gasteiger partial charge in [0.15, 0.2) is 0 Å². The molecule has 0 bridgehead atoms. The lowest BCUT2D eigenvalue weighted by Crippen LogP contribution is -2.26. The van der Waals surface area contributed by atoms with Crippen molar-refractivity contribution in [1.82, 2.24) is 0 Å². The lowest BCUT2D eigenvalue weighted by molar-refractivity contribution is -0.208. The third-order valence-electron chi connectivity index (χ3n) is 2.21. The first-order chi connectivity index (χ1) is 6.52. The first-order valence-corrected chi connectivity index (χ1v) is 6.10. The Morgan fingerprint density at radius 1 is 1.21 bits per heavy atom. The summed E-state index contributed by atoms with van der Waals surface area (Å²) >= 11 is 0. The summed E-state index contributed by atoms with van der Waals surface area (Å²) in [6.07, 6.45) is 3.99. The topological polar surface area (TPSA) is 69.7 Å². The van der Waals surface area contributed by atoms with Crippen LogP contribution in [0.25, 0.3) is 0 Å². The quantitative estimate of drug-likeness (QED) is 0.529. The van der Waals surface area contributed by atoms with Crippen molar-refractivity contribution in [1.29, 1.82) is 0 Å². The second kappa shape index (κ2) is 4.75. The smallest absolute Gasteiger partial charge is 0.282 e. The van der Waals surface area contributed by atoms with E-state index in [4.69, 9.17) is 0 Å². The molecule has 0 N–H and O–H groups in total. The molecule has 1 rings (SSSR count). The zero-order valence-corrected chi connectivity index (χ0v) is 8.88. The van der Waals surface area contributed by atoms with Crippen LogP contribution in [0.5, 0.6) is 0 Å². The molecule has 0 atom stereocenters. The zero-order chi connectivity index (χ0) is 10.6. The van der Waals surface area contributed by atoms with E-state index in [1.54, 1.807) is 0 Å². The fourth-order valence-electron chi connectivity index (χ4n) is 1.50. The van der Waals surface area contributed by atoms with E-state index in [-0.39, 0.29) is 0 Å². The van der Waals surface area contributed by atoms with Crippen LogP contribution in [0.4, 0.5) is 0 Å². The Kier molecular flexibility index (Phi) is 3.88. The van der Waals surface area contributed by atoms with Crippen LogP contribution in [-0.2, 0) is 24.1 Å². The Balaban J connectivity index is 2.50. The van der Waals surface area contributed by atoms with Crippen molar-refractivity contribution in [2.24, 2.45) is 0 Å². The Morgan fingerprint density at radius 3 is 2.29 bits per heavy atom. The normalized spacial score (nSPS) is 19.2. The molecule has 0 saturated heterocycles. The lowest BCUT2D eigenvalue weighted by Gasteiger charge is -2.19. The van der Waals surface area contributed by atoms with Crippen molar-refractivity contribution in [2.75, 3.05) is 0 Å². The molecule has 6 heteroatoms. The van der Waals surface area contributed by atoms with Crippen molar-refractivity contribution < 1.29 is 22.4 Å². The number of rotatable bonds is 3. The average molecular weight is 222 g/mol. The highest BCUT2D eigenvalue weighted by molar-refractivity contribution is 7.87. The molecule has 0 heterocycles. The summed E-state index contributed by atoms with van der Waals surface area (Å²) in [4.78, 5) is 14.4. The fraction of sp³-hybridized carbons (Fsp3) is 0.875. The molecule has 0 spiro atoms. The summed E-state index contributed by atoms with van der Waals surface area (Å²) in [5.74, 6) is -0.760. The molecular formula is C8H14O5S. The van der Waals surface area contributed by atoms with Gasteiger partial charge < -0.3 is 0 Å². The SMILES string of the molecule is CC(=O)OOS(=O)(=O)C1CCCCC1. The maximum absolute atomic E-state index is 11.4. The highest BCUT2D eigenvalue weighted by atomic mass is 32.2. The van der Waals surface area contributed by atoms with Gasteiger partial charge >= 0.3 is 16.1 Å². The first kappa shape index (κ1) is 11.5. The molecule has 0 amide bonds. The Hall–Kier alpha value is -0.620. The summed E-state index contributed by atoms with van der Waals surface area (Å²) in [6, 6.07) is 0. The molecule has 0 aliphatic heterocycles. The van der Waals surface area contributed by atoms with Crippen LogP contribution >= 0.6 is 0 Å². The second-order valence-corrected chi connectivity index (χ2v) is 5.18. The fourth-order valence-corrected chi connectivity index (χ4v) is 2.72. The van der Waals surface area contributed by atoms with E-state index in [1.807, 2.05) is 0 Å². The lowest BCUT2D eigenvalue weighted by atomic mass is 10.0. The van der Waals surface area contributed by atoms with Crippen molar-refractivity contribution in [3.63, 3.8) is 0 Å². The number of carbonyl (C=O) groups excluding carboxylic acids is 1. The van der Waals surface area contributed by atoms with Crippen LogP contribution in [-0.4, -0.2) is 19.6 Å². The average Bonchev–Trinajstić information content (AvgIpc) is 2.16. The van der Waals surface area contributed by atoms with Crippen molar-refractivity contribution >= 4 is 16.1 Å². The number of hydrogen-bond acceptors (Lipinski definition) is 5. The van der Waals surface area contributed by atoms with Gasteiger partial charge in [0.25, 0.3) is 0 Å². The van der Waals surface area contributed by atoms with Gasteiger partial charge in [0, 0.05) is 6.92 Å². The van der Waals surface area contributed by atoms with Gasteiger partial charge in [0.05, 0.1) is 5.25 Å². The van der Waals surface area contributed by atoms with Crippen molar-refractivity contribution in [2.45, 2.75) is 44.3 Å². The predicted octanol–water partition coefficient (Wildman–Crippen LogP) is 1.14. The second-order valence-electron chi connectivity index (χ2n) is 3.40. The van der Waals surface area contributed by atoms with Gasteiger partial charge in [0.2, 0.25) is 0 Å². The van der Waals surface area contributed by atoms with Gasteiger partial charge in [-0.1, -0.05) is 23.6 Å². The van der Waals surface area contributed by atoms with E-state index < -0.39 is 21.3 Å². The van der Waals surface area contributed by atoms with E-state index in [0.29, 0.717) is 12.8 Å². The Bertz CT molecular complexity index is 289. The van der Waals surface area contributed by atoms with Gasteiger partial charge in [-0.05, 0) is 12.8 Å². The molecule has 0 aromatic rings. The van der Waals surface area contributed by atoms with Crippen LogP contribution in [0, 0.1) is 0 Å². The molecule has 1 aliphatic rings. The monoisotopic (exact) mass is 222 g/mol. The highest BCUT2D eigenvalue weighted by Gasteiger charge is 2.29. The van der Waals surface area contributed by atoms with Gasteiger partial charge in [0.1, 0.15) is 0 Å². The minimum Gasteiger partial charge on any atom is -0.282 e. The minimum atomic E-state index is -3.72. The van der Waals surface area contributed by atoms with Crippen LogP contribution in [0.15, 0.2) is 0 Å². The molecule has 0 aromatic heterocycles. The summed E-state index contributed by atoms with van der Waals surface area (Å²) in [5, 5.41) is -0.518. The van der Waals surface area contributed by atoms with Gasteiger partial charge in [-0.25, -0.2) is 4.79 Å². The summed E-state index contributed by atoms with van der Waals surface area (Å²) in [7, 11) is -3.72. The maximum atomic E-state index is 11.4. The molecule has 1 saturated carbocycles. The van der Waals surface area contributed by atoms with Crippen molar-refractivity contribution in [3.05, 3.63) is 0 Å². The van der Waals surface area contributed by atoms with Crippen LogP contribution in [0.2, 0.25) is 0 Å². The Morgan fingerprint density at radius 2 is 1.79 bits per heavy atom. The van der Waals surface area contributed by atoms with Crippen LogP contribution in [0.3, 0.4) is 0 Å². The molecule has 14 heavy (non-hydrogen) atoms. The molecule has 5 nitrogen and oxygen atoms in total. The highest BCUT2D eigenvalue weighted by Crippen LogP contribution is 2.24. The van der Waals surface area contributed by atoms with E-state index in [2.05, 4.69) is 9.22 Å². The van der Waals surface area contributed by atoms with E-state index in [0.717, 1.165) is 26.2 Å². The van der Waals surface area contributed by atoms with Gasteiger partial charge in [-0.2, -0.15) is 8.42 Å². The van der Waals surface area contributed by atoms with Crippen LogP contribution < -0.4 is 0 Å². The number of hydrogen-bond donors (Lipinski definition) is 0. The van der Waals surface area contributed by atoms with Crippen molar-refractivity contribution in [3.8, 4) is 0 Å². The third kappa shape index (κ3) is 3.26. The molecule has 1 fully saturated rings. The standard InChI is InChI=1S/C8H14O5S/c1-7(9)12-13-14(10,11)8-5-3-2-4-6-8/h8H,2-6H2,1H3. The summed E-state index contributed by atoms with van der Waals surface area (Å²) < 4.78 is 26.9. The first-order valence-electron chi connectivity index (χ1n) is 4.63. The Labute approximate surface area is 83.4 Å². The minimum absolute atomic E-state index is 0.518. The van der Waals surface area contributed by atoms with Gasteiger partial charge in [-0.15, -0.1) is 0 Å². The zero-order valence-electron chi connectivity index (χ0n) is 8.06. The molecular weight excluding hydrogens is 208 g/mol. The maximum Gasteiger partial charge on any atom is 0.340 e.